The first-order valence-electron chi connectivity index (χ1n) is 5.60. The SMILES string of the molecule is CS(=O)(=O)c1cnn(CC(N)c2ccccc2F)c1. The Balaban J connectivity index is 2.18. The van der Waals surface area contributed by atoms with E-state index in [2.05, 4.69) is 5.10 Å². The third kappa shape index (κ3) is 3.18. The van der Waals surface area contributed by atoms with Gasteiger partial charge in [0.2, 0.25) is 0 Å². The van der Waals surface area contributed by atoms with Gasteiger partial charge in [-0.15, -0.1) is 0 Å². The quantitative estimate of drug-likeness (QED) is 0.912. The molecule has 5 nitrogen and oxygen atoms in total. The van der Waals surface area contributed by atoms with Crippen LogP contribution in [0.3, 0.4) is 0 Å². The molecule has 19 heavy (non-hydrogen) atoms. The molecule has 0 aliphatic carbocycles. The van der Waals surface area contributed by atoms with Crippen molar-refractivity contribution in [1.29, 1.82) is 0 Å². The fourth-order valence-electron chi connectivity index (χ4n) is 1.71. The summed E-state index contributed by atoms with van der Waals surface area (Å²) >= 11 is 0. The maximum Gasteiger partial charge on any atom is 0.178 e. The molecular weight excluding hydrogens is 269 g/mol. The molecule has 0 saturated heterocycles. The summed E-state index contributed by atoms with van der Waals surface area (Å²) in [5, 5.41) is 3.91. The molecular formula is C12H14FN3O2S. The number of hydrogen-bond acceptors (Lipinski definition) is 4. The highest BCUT2D eigenvalue weighted by Crippen LogP contribution is 2.16. The van der Waals surface area contributed by atoms with Gasteiger partial charge >= 0.3 is 0 Å². The minimum absolute atomic E-state index is 0.119. The molecule has 1 atom stereocenters. The molecule has 0 spiro atoms. The van der Waals surface area contributed by atoms with Gasteiger partial charge in [-0.25, -0.2) is 12.8 Å². The molecule has 2 N–H and O–H groups in total. The van der Waals surface area contributed by atoms with E-state index in [-0.39, 0.29) is 17.3 Å². The second-order valence-electron chi connectivity index (χ2n) is 4.30. The second kappa shape index (κ2) is 5.10. The Morgan fingerprint density at radius 3 is 2.68 bits per heavy atom. The van der Waals surface area contributed by atoms with Crippen molar-refractivity contribution in [1.82, 2.24) is 9.78 Å². The van der Waals surface area contributed by atoms with E-state index in [0.717, 1.165) is 6.26 Å². The third-order valence-corrected chi connectivity index (χ3v) is 3.79. The number of benzene rings is 1. The van der Waals surface area contributed by atoms with Crippen LogP contribution < -0.4 is 5.73 Å². The van der Waals surface area contributed by atoms with Gasteiger partial charge in [0.05, 0.1) is 18.8 Å². The number of hydrogen-bond donors (Lipinski definition) is 1. The van der Waals surface area contributed by atoms with Crippen LogP contribution in [0, 0.1) is 5.82 Å². The Morgan fingerprint density at radius 2 is 2.11 bits per heavy atom. The monoisotopic (exact) mass is 283 g/mol. The number of aromatic nitrogens is 2. The standard InChI is InChI=1S/C12H14FN3O2S/c1-19(17,18)9-6-15-16(7-9)8-12(14)10-4-2-3-5-11(10)13/h2-7,12H,8,14H2,1H3. The van der Waals surface area contributed by atoms with Crippen molar-refractivity contribution in [3.63, 3.8) is 0 Å². The molecule has 0 fully saturated rings. The van der Waals surface area contributed by atoms with Gasteiger partial charge in [-0.05, 0) is 6.07 Å². The van der Waals surface area contributed by atoms with Crippen molar-refractivity contribution < 1.29 is 12.8 Å². The average Bonchev–Trinajstić information content (AvgIpc) is 2.77. The Kier molecular flexibility index (Phi) is 3.68. The van der Waals surface area contributed by atoms with E-state index in [4.69, 9.17) is 5.73 Å². The lowest BCUT2D eigenvalue weighted by atomic mass is 10.1. The van der Waals surface area contributed by atoms with E-state index in [9.17, 15) is 12.8 Å². The molecule has 1 aromatic carbocycles. The predicted molar refractivity (Wildman–Crippen MR) is 68.7 cm³/mol. The molecule has 0 amide bonds. The van der Waals surface area contributed by atoms with Crippen molar-refractivity contribution in [3.8, 4) is 0 Å². The summed E-state index contributed by atoms with van der Waals surface area (Å²) in [5.41, 5.74) is 6.27. The van der Waals surface area contributed by atoms with Crippen LogP contribution in [0.15, 0.2) is 41.6 Å². The second-order valence-corrected chi connectivity index (χ2v) is 6.31. The van der Waals surface area contributed by atoms with Crippen LogP contribution in [-0.2, 0) is 16.4 Å². The topological polar surface area (TPSA) is 78.0 Å². The lowest BCUT2D eigenvalue weighted by Gasteiger charge is -2.12. The van der Waals surface area contributed by atoms with Crippen molar-refractivity contribution in [3.05, 3.63) is 48.0 Å². The van der Waals surface area contributed by atoms with Crippen LogP contribution in [0.1, 0.15) is 11.6 Å². The predicted octanol–water partition coefficient (Wildman–Crippen LogP) is 1.13. The van der Waals surface area contributed by atoms with Crippen LogP contribution in [-0.4, -0.2) is 24.5 Å². The zero-order valence-corrected chi connectivity index (χ0v) is 11.1. The Morgan fingerprint density at radius 1 is 1.42 bits per heavy atom. The third-order valence-electron chi connectivity index (χ3n) is 2.73. The molecule has 7 heteroatoms. The van der Waals surface area contributed by atoms with Crippen molar-refractivity contribution in [2.75, 3.05) is 6.26 Å². The van der Waals surface area contributed by atoms with E-state index in [0.29, 0.717) is 5.56 Å². The molecule has 2 aromatic rings. The molecule has 0 saturated carbocycles. The highest BCUT2D eigenvalue weighted by Gasteiger charge is 2.14. The van der Waals surface area contributed by atoms with Crippen LogP contribution >= 0.6 is 0 Å². The lowest BCUT2D eigenvalue weighted by Crippen LogP contribution is -2.19. The normalized spacial score (nSPS) is 13.4. The van der Waals surface area contributed by atoms with Crippen LogP contribution in [0.2, 0.25) is 0 Å². The van der Waals surface area contributed by atoms with Gasteiger partial charge in [-0.3, -0.25) is 4.68 Å². The maximum atomic E-state index is 13.5. The maximum absolute atomic E-state index is 13.5. The van der Waals surface area contributed by atoms with Gasteiger partial charge in [0.15, 0.2) is 9.84 Å². The summed E-state index contributed by atoms with van der Waals surface area (Å²) in [4.78, 5) is 0.119. The minimum Gasteiger partial charge on any atom is -0.322 e. The van der Waals surface area contributed by atoms with Crippen LogP contribution in [0.25, 0.3) is 0 Å². The van der Waals surface area contributed by atoms with E-state index >= 15 is 0 Å². The van der Waals surface area contributed by atoms with Gasteiger partial charge < -0.3 is 5.73 Å². The largest absolute Gasteiger partial charge is 0.322 e. The molecule has 102 valence electrons. The van der Waals surface area contributed by atoms with Gasteiger partial charge in [-0.2, -0.15) is 5.10 Å². The molecule has 0 radical (unpaired) electrons. The van der Waals surface area contributed by atoms with E-state index in [1.54, 1.807) is 18.2 Å². The van der Waals surface area contributed by atoms with Crippen molar-refractivity contribution in [2.24, 2.45) is 5.73 Å². The number of nitrogens with two attached hydrogens (primary N) is 1. The number of sulfone groups is 1. The molecule has 0 aliphatic heterocycles. The summed E-state index contributed by atoms with van der Waals surface area (Å²) < 4.78 is 37.6. The Labute approximate surface area is 110 Å². The zero-order valence-electron chi connectivity index (χ0n) is 10.3. The lowest BCUT2D eigenvalue weighted by molar-refractivity contribution is 0.501. The van der Waals surface area contributed by atoms with Gasteiger partial charge in [0.1, 0.15) is 10.7 Å². The van der Waals surface area contributed by atoms with Gasteiger partial charge in [-0.1, -0.05) is 18.2 Å². The highest BCUT2D eigenvalue weighted by atomic mass is 32.2. The fourth-order valence-corrected chi connectivity index (χ4v) is 2.26. The Bertz CT molecular complexity index is 682. The molecule has 0 aliphatic rings. The first-order chi connectivity index (χ1) is 8.88. The molecule has 2 rings (SSSR count). The van der Waals surface area contributed by atoms with Crippen LogP contribution in [0.5, 0.6) is 0 Å². The van der Waals surface area contributed by atoms with Crippen LogP contribution in [0.4, 0.5) is 4.39 Å². The summed E-state index contributed by atoms with van der Waals surface area (Å²) in [7, 11) is -3.29. The van der Waals surface area contributed by atoms with E-state index < -0.39 is 15.9 Å². The average molecular weight is 283 g/mol. The number of halogens is 1. The Hall–Kier alpha value is -1.73. The van der Waals surface area contributed by atoms with E-state index in [1.807, 2.05) is 0 Å². The van der Waals surface area contributed by atoms with Gasteiger partial charge in [0, 0.05) is 18.0 Å². The molecule has 0 bridgehead atoms. The van der Waals surface area contributed by atoms with Gasteiger partial charge in [0.25, 0.3) is 0 Å². The number of rotatable bonds is 4. The smallest absolute Gasteiger partial charge is 0.178 e. The first kappa shape index (κ1) is 13.7. The zero-order chi connectivity index (χ0) is 14.0. The summed E-state index contributed by atoms with van der Waals surface area (Å²) in [6.07, 6.45) is 3.74. The minimum atomic E-state index is -3.29. The number of nitrogens with zero attached hydrogens (tertiary/aromatic N) is 2. The van der Waals surface area contributed by atoms with E-state index in [1.165, 1.54) is 23.1 Å². The van der Waals surface area contributed by atoms with Crippen molar-refractivity contribution in [2.45, 2.75) is 17.5 Å². The molecule has 1 aromatic heterocycles. The molecule has 1 unspecified atom stereocenters. The highest BCUT2D eigenvalue weighted by molar-refractivity contribution is 7.90. The van der Waals surface area contributed by atoms with Crippen molar-refractivity contribution >= 4 is 9.84 Å². The summed E-state index contributed by atoms with van der Waals surface area (Å²) in [5.74, 6) is -0.384. The fraction of sp³-hybridized carbons (Fsp3) is 0.250. The molecule has 1 heterocycles. The first-order valence-corrected chi connectivity index (χ1v) is 7.49. The summed E-state index contributed by atoms with van der Waals surface area (Å²) in [6.45, 7) is 0.205. The summed E-state index contributed by atoms with van der Waals surface area (Å²) in [6, 6.07) is 5.62.